The molecule has 0 aliphatic rings. The van der Waals surface area contributed by atoms with Gasteiger partial charge in [0.15, 0.2) is 0 Å². The van der Waals surface area contributed by atoms with Gasteiger partial charge < -0.3 is 9.75 Å². The molecule has 0 aliphatic heterocycles. The molecule has 0 unspecified atom stereocenters. The monoisotopic (exact) mass is 253 g/mol. The van der Waals surface area contributed by atoms with Crippen LogP contribution in [-0.4, -0.2) is 36.7 Å². The maximum Gasteiger partial charge on any atom is 0.130 e. The molecule has 1 aromatic heterocycles. The van der Waals surface area contributed by atoms with Crippen molar-refractivity contribution < 1.29 is 4.74 Å². The number of methoxy groups -OCH3 is 1. The number of hydrogen-bond acceptors (Lipinski definition) is 3. The summed E-state index contributed by atoms with van der Waals surface area (Å²) < 4.78 is 7.27. The average Bonchev–Trinajstić information content (AvgIpc) is 2.66. The third-order valence-electron chi connectivity index (χ3n) is 2.62. The van der Waals surface area contributed by atoms with Crippen LogP contribution in [-0.2, 0) is 6.42 Å². The summed E-state index contributed by atoms with van der Waals surface area (Å²) in [5.41, 5.74) is 1.99. The smallest absolute Gasteiger partial charge is 0.130 e. The van der Waals surface area contributed by atoms with Gasteiger partial charge in [0.1, 0.15) is 11.6 Å². The van der Waals surface area contributed by atoms with E-state index in [4.69, 9.17) is 16.3 Å². The number of fused-ring (bicyclic) bond motifs is 1. The Balaban J connectivity index is 2.61. The van der Waals surface area contributed by atoms with Crippen molar-refractivity contribution >= 4 is 22.6 Å². The van der Waals surface area contributed by atoms with Crippen molar-refractivity contribution in [3.8, 4) is 5.75 Å². The van der Waals surface area contributed by atoms with E-state index in [1.165, 1.54) is 0 Å². The Morgan fingerprint density at radius 3 is 2.76 bits per heavy atom. The Hall–Kier alpha value is -1.42. The molecule has 0 bridgehead atoms. The number of imidazole rings is 1. The van der Waals surface area contributed by atoms with Crippen LogP contribution in [0.3, 0.4) is 0 Å². The number of rotatable bonds is 4. The quantitative estimate of drug-likeness (QED) is 0.781. The highest BCUT2D eigenvalue weighted by atomic mass is 35.5. The summed E-state index contributed by atoms with van der Waals surface area (Å²) in [5.74, 6) is 2.35. The highest BCUT2D eigenvalue weighted by Crippen LogP contribution is 2.22. The number of nitrogens with zero attached hydrogens (tertiary/aromatic N) is 3. The van der Waals surface area contributed by atoms with E-state index in [0.717, 1.165) is 29.0 Å². The van der Waals surface area contributed by atoms with Crippen LogP contribution in [0.5, 0.6) is 5.75 Å². The first-order chi connectivity index (χ1) is 8.17. The fourth-order valence-corrected chi connectivity index (χ4v) is 2.09. The van der Waals surface area contributed by atoms with Gasteiger partial charge in [-0.05, 0) is 12.1 Å². The molecule has 0 fully saturated rings. The lowest BCUT2D eigenvalue weighted by Crippen LogP contribution is -2.26. The zero-order valence-electron chi connectivity index (χ0n) is 10.3. The Morgan fingerprint density at radius 2 is 2.18 bits per heavy atom. The van der Waals surface area contributed by atoms with Gasteiger partial charge >= 0.3 is 0 Å². The summed E-state index contributed by atoms with van der Waals surface area (Å²) >= 11 is 5.80. The minimum atomic E-state index is 0.564. The molecule has 0 amide bonds. The van der Waals surface area contributed by atoms with E-state index in [1.54, 1.807) is 7.11 Å². The predicted octanol–water partition coefficient (Wildman–Crippen LogP) is 2.02. The fraction of sp³-hybridized carbons (Fsp3) is 0.417. The van der Waals surface area contributed by atoms with Crippen LogP contribution in [0.2, 0.25) is 0 Å². The van der Waals surface area contributed by atoms with E-state index in [1.807, 2.05) is 37.3 Å². The van der Waals surface area contributed by atoms with Gasteiger partial charge in [-0.3, -0.25) is 0 Å². The van der Waals surface area contributed by atoms with Crippen LogP contribution in [0.25, 0.3) is 11.0 Å². The summed E-state index contributed by atoms with van der Waals surface area (Å²) in [7, 11) is 5.63. The minimum absolute atomic E-state index is 0.564. The molecule has 1 aromatic carbocycles. The second kappa shape index (κ2) is 4.84. The Morgan fingerprint density at radius 1 is 1.41 bits per heavy atom. The molecule has 0 N–H and O–H groups in total. The van der Waals surface area contributed by atoms with Crippen LogP contribution < -0.4 is 9.75 Å². The third-order valence-corrected chi connectivity index (χ3v) is 2.81. The van der Waals surface area contributed by atoms with Crippen molar-refractivity contribution in [2.75, 3.05) is 32.1 Å². The SMILES string of the molecule is COc1ccc2c(c1)nc(CCCl)n2N(C)C. The lowest BCUT2D eigenvalue weighted by Gasteiger charge is -2.17. The molecule has 0 spiro atoms. The molecule has 2 rings (SSSR count). The standard InChI is InChI=1S/C12H16ClN3O/c1-15(2)16-11-5-4-9(17-3)8-10(11)14-12(16)6-7-13/h4-5,8H,6-7H2,1-3H3. The van der Waals surface area contributed by atoms with Crippen LogP contribution in [0.4, 0.5) is 0 Å². The highest BCUT2D eigenvalue weighted by Gasteiger charge is 2.12. The van der Waals surface area contributed by atoms with Crippen molar-refractivity contribution in [3.05, 3.63) is 24.0 Å². The van der Waals surface area contributed by atoms with Gasteiger partial charge in [-0.1, -0.05) is 0 Å². The number of alkyl halides is 1. The molecule has 92 valence electrons. The van der Waals surface area contributed by atoms with E-state index in [0.29, 0.717) is 5.88 Å². The summed E-state index contributed by atoms with van der Waals surface area (Å²) in [6.45, 7) is 0. The van der Waals surface area contributed by atoms with Crippen molar-refractivity contribution in [2.45, 2.75) is 6.42 Å². The van der Waals surface area contributed by atoms with Crippen molar-refractivity contribution in [3.63, 3.8) is 0 Å². The summed E-state index contributed by atoms with van der Waals surface area (Å²) in [6.07, 6.45) is 0.747. The summed E-state index contributed by atoms with van der Waals surface area (Å²) in [5, 5.41) is 2.00. The number of aromatic nitrogens is 2. The molecule has 5 heteroatoms. The van der Waals surface area contributed by atoms with E-state index >= 15 is 0 Å². The van der Waals surface area contributed by atoms with Gasteiger partial charge in [0.25, 0.3) is 0 Å². The maximum absolute atomic E-state index is 5.80. The molecule has 0 aliphatic carbocycles. The molecular weight excluding hydrogens is 238 g/mol. The average molecular weight is 254 g/mol. The van der Waals surface area contributed by atoms with Gasteiger partial charge in [-0.25, -0.2) is 9.66 Å². The van der Waals surface area contributed by atoms with E-state index in [-0.39, 0.29) is 0 Å². The number of aryl methyl sites for hydroxylation is 1. The van der Waals surface area contributed by atoms with Gasteiger partial charge in [-0.2, -0.15) is 0 Å². The predicted molar refractivity (Wildman–Crippen MR) is 70.8 cm³/mol. The second-order valence-corrected chi connectivity index (χ2v) is 4.36. The first-order valence-electron chi connectivity index (χ1n) is 5.46. The molecule has 17 heavy (non-hydrogen) atoms. The number of hydrogen-bond donors (Lipinski definition) is 0. The van der Waals surface area contributed by atoms with Crippen LogP contribution in [0.1, 0.15) is 5.82 Å². The van der Waals surface area contributed by atoms with Crippen LogP contribution >= 0.6 is 11.6 Å². The van der Waals surface area contributed by atoms with Gasteiger partial charge in [-0.15, -0.1) is 11.6 Å². The molecule has 0 saturated heterocycles. The molecular formula is C12H16ClN3O. The van der Waals surface area contributed by atoms with E-state index in [9.17, 15) is 0 Å². The van der Waals surface area contributed by atoms with E-state index in [2.05, 4.69) is 9.66 Å². The fourth-order valence-electron chi connectivity index (χ4n) is 1.92. The molecule has 4 nitrogen and oxygen atoms in total. The highest BCUT2D eigenvalue weighted by molar-refractivity contribution is 6.17. The van der Waals surface area contributed by atoms with Gasteiger partial charge in [0, 0.05) is 32.5 Å². The molecule has 0 atom stereocenters. The molecule has 1 heterocycles. The second-order valence-electron chi connectivity index (χ2n) is 3.98. The largest absolute Gasteiger partial charge is 0.497 e. The molecule has 0 radical (unpaired) electrons. The first-order valence-corrected chi connectivity index (χ1v) is 5.99. The summed E-state index contributed by atoms with van der Waals surface area (Å²) in [6, 6.07) is 5.89. The first kappa shape index (κ1) is 12.0. The van der Waals surface area contributed by atoms with Gasteiger partial charge in [0.2, 0.25) is 0 Å². The van der Waals surface area contributed by atoms with Crippen molar-refractivity contribution in [1.29, 1.82) is 0 Å². The Labute approximate surface area is 106 Å². The lowest BCUT2D eigenvalue weighted by atomic mass is 10.3. The number of benzene rings is 1. The Kier molecular flexibility index (Phi) is 3.43. The van der Waals surface area contributed by atoms with Crippen LogP contribution in [0, 0.1) is 0 Å². The maximum atomic E-state index is 5.80. The zero-order chi connectivity index (χ0) is 12.4. The van der Waals surface area contributed by atoms with Crippen molar-refractivity contribution in [2.24, 2.45) is 0 Å². The summed E-state index contributed by atoms with van der Waals surface area (Å²) in [4.78, 5) is 4.59. The molecule has 2 aromatic rings. The normalized spacial score (nSPS) is 10.8. The lowest BCUT2D eigenvalue weighted by molar-refractivity contribution is 0.415. The topological polar surface area (TPSA) is 30.3 Å². The Bertz CT molecular complexity index is 522. The molecule has 0 saturated carbocycles. The van der Waals surface area contributed by atoms with Crippen LogP contribution in [0.15, 0.2) is 18.2 Å². The van der Waals surface area contributed by atoms with E-state index < -0.39 is 0 Å². The van der Waals surface area contributed by atoms with Crippen molar-refractivity contribution in [1.82, 2.24) is 9.66 Å². The third kappa shape index (κ3) is 2.17. The van der Waals surface area contributed by atoms with Gasteiger partial charge in [0.05, 0.1) is 18.1 Å². The number of halogens is 1. The minimum Gasteiger partial charge on any atom is -0.497 e. The number of ether oxygens (including phenoxy) is 1. The zero-order valence-corrected chi connectivity index (χ0v) is 11.0.